The van der Waals surface area contributed by atoms with E-state index in [4.69, 9.17) is 103 Å². The number of aromatic amines is 1. The number of alkyl carbamates (subject to hydrolysis) is 1. The van der Waals surface area contributed by atoms with Crippen molar-refractivity contribution in [2.24, 2.45) is 31.4 Å². The first-order valence-electron chi connectivity index (χ1n) is 32.3. The van der Waals surface area contributed by atoms with Crippen molar-refractivity contribution in [2.45, 2.75) is 83.3 Å². The molecule has 1 amide bonds. The quantitative estimate of drug-likeness (QED) is 0.00659. The fourth-order valence-corrected chi connectivity index (χ4v) is 10.7. The molecule has 3 aliphatic rings. The number of ether oxygens (including phenoxy) is 1. The molecule has 0 bridgehead atoms. The molecule has 24 heteroatoms. The van der Waals surface area contributed by atoms with Crippen molar-refractivity contribution in [3.05, 3.63) is 263 Å². The Morgan fingerprint density at radius 2 is 1.03 bits per heavy atom. The van der Waals surface area contributed by atoms with Gasteiger partial charge in [0.25, 0.3) is 6.47 Å². The Hall–Kier alpha value is -5.19. The van der Waals surface area contributed by atoms with E-state index >= 15 is 0 Å². The predicted molar refractivity (Wildman–Crippen MR) is 435 cm³/mol. The molecular weight excluding hydrogens is 1490 g/mol. The fourth-order valence-electron chi connectivity index (χ4n) is 9.84. The smallest absolute Gasteiger partial charge is 1.00 e. The van der Waals surface area contributed by atoms with Gasteiger partial charge in [-0.15, -0.1) is 46.4 Å². The number of hydrogen-bond donors (Lipinski definition) is 5. The molecule has 8 aromatic rings. The van der Waals surface area contributed by atoms with Crippen molar-refractivity contribution in [1.29, 1.82) is 0 Å². The Balaban J connectivity index is 0.000000656. The van der Waals surface area contributed by atoms with Crippen LogP contribution in [0.15, 0.2) is 239 Å². The number of nitrogen functional groups attached to an aromatic ring is 1. The number of allylic oxidation sites excluding steroid dienone is 3. The topological polar surface area (TPSA) is 244 Å². The van der Waals surface area contributed by atoms with Crippen molar-refractivity contribution >= 4 is 157 Å². The van der Waals surface area contributed by atoms with Crippen molar-refractivity contribution < 1.29 is 129 Å². The van der Waals surface area contributed by atoms with E-state index in [0.29, 0.717) is 25.4 Å². The van der Waals surface area contributed by atoms with Crippen molar-refractivity contribution in [3.63, 3.8) is 0 Å². The number of amides is 1. The molecule has 0 spiro atoms. The van der Waals surface area contributed by atoms with Crippen molar-refractivity contribution in [1.82, 2.24) is 15.5 Å². The third kappa shape index (κ3) is 39.3. The molecule has 7 aromatic carbocycles. The van der Waals surface area contributed by atoms with Crippen LogP contribution in [0.25, 0.3) is 27.8 Å². The van der Waals surface area contributed by atoms with Gasteiger partial charge in [-0.05, 0) is 160 Å². The monoisotopic (exact) mass is 1570 g/mol. The summed E-state index contributed by atoms with van der Waals surface area (Å²) in [6.07, 6.45) is 19.5. The molecular formula is C79H88Cl4K2N10O5S3. The molecule has 0 saturated heterocycles. The Bertz CT molecular complexity index is 3950. The van der Waals surface area contributed by atoms with E-state index in [9.17, 15) is 4.79 Å². The van der Waals surface area contributed by atoms with Gasteiger partial charge in [0, 0.05) is 73.4 Å². The maximum absolute atomic E-state index is 12.1. The third-order valence-electron chi connectivity index (χ3n) is 14.8. The minimum Gasteiger partial charge on any atom is -1.00 e. The number of benzene rings is 7. The van der Waals surface area contributed by atoms with E-state index in [0.717, 1.165) is 88.7 Å². The molecule has 3 atom stereocenters. The summed E-state index contributed by atoms with van der Waals surface area (Å²) in [4.78, 5) is 41.8. The first kappa shape index (κ1) is 93.9. The molecule has 0 saturated carbocycles. The average Bonchev–Trinajstić information content (AvgIpc) is 1.42. The number of nitrogens with one attached hydrogen (secondary N) is 2. The van der Waals surface area contributed by atoms with Crippen LogP contribution in [-0.4, -0.2) is 105 Å². The Morgan fingerprint density at radius 3 is 1.39 bits per heavy atom. The van der Waals surface area contributed by atoms with Crippen LogP contribution in [0.5, 0.6) is 0 Å². The summed E-state index contributed by atoms with van der Waals surface area (Å²) in [6.45, 7) is 10.9. The summed E-state index contributed by atoms with van der Waals surface area (Å²) >= 11 is 34.9. The molecule has 0 radical (unpaired) electrons. The number of nitrogens with zero attached hydrogens (tertiary/aromatic N) is 5. The van der Waals surface area contributed by atoms with Crippen LogP contribution >= 0.6 is 83.1 Å². The van der Waals surface area contributed by atoms with Crippen LogP contribution in [0.1, 0.15) is 111 Å². The molecule has 11 rings (SSSR count). The van der Waals surface area contributed by atoms with E-state index in [1.54, 1.807) is 0 Å². The molecule has 15 nitrogen and oxygen atoms in total. The van der Waals surface area contributed by atoms with Crippen LogP contribution in [0.4, 0.5) is 16.2 Å². The zero-order valence-electron chi connectivity index (χ0n) is 60.1. The zero-order valence-corrected chi connectivity index (χ0v) is 70.8. The van der Waals surface area contributed by atoms with Gasteiger partial charge in [0.1, 0.15) is 5.60 Å². The number of hydrogen-bond acceptors (Lipinski definition) is 16. The number of isothiocyanates is 1. The normalized spacial score (nSPS) is 12.4. The second kappa shape index (κ2) is 56.1. The van der Waals surface area contributed by atoms with Crippen LogP contribution in [-0.2, 0) is 27.3 Å². The maximum atomic E-state index is 12.1. The summed E-state index contributed by atoms with van der Waals surface area (Å²) in [6, 6.07) is 63.6. The number of H-pyrrole nitrogens is 1. The maximum Gasteiger partial charge on any atom is 1.00 e. The van der Waals surface area contributed by atoms with E-state index in [-0.39, 0.29) is 133 Å². The van der Waals surface area contributed by atoms with Gasteiger partial charge in [0.05, 0.1) is 47.4 Å². The van der Waals surface area contributed by atoms with Gasteiger partial charge in [-0.2, -0.15) is 10.1 Å². The number of anilines is 1. The van der Waals surface area contributed by atoms with Gasteiger partial charge in [0.15, 0.2) is 0 Å². The Labute approximate surface area is 730 Å². The second-order valence-electron chi connectivity index (χ2n) is 23.2. The Kier molecular flexibility index (Phi) is 51.2. The number of thiocarbonyl (C=S) groups is 3. The predicted octanol–water partition coefficient (Wildman–Crippen LogP) is 12.0. The molecule has 0 fully saturated rings. The number of aliphatic imine (C=N–C) groups is 4. The third-order valence-corrected chi connectivity index (χ3v) is 15.5. The minimum absolute atomic E-state index is 0. The van der Waals surface area contributed by atoms with Gasteiger partial charge < -0.3 is 38.8 Å². The van der Waals surface area contributed by atoms with Gasteiger partial charge in [0.2, 0.25) is 0 Å². The number of rotatable bonds is 21. The van der Waals surface area contributed by atoms with E-state index in [2.05, 4.69) is 180 Å². The molecule has 3 unspecified atom stereocenters. The van der Waals surface area contributed by atoms with Crippen LogP contribution in [0.3, 0.4) is 0 Å². The summed E-state index contributed by atoms with van der Waals surface area (Å²) in [5.41, 5.74) is 33.8. The molecule has 532 valence electrons. The summed E-state index contributed by atoms with van der Waals surface area (Å²) < 4.78 is 5.38. The van der Waals surface area contributed by atoms with E-state index in [1.807, 2.05) is 143 Å². The van der Waals surface area contributed by atoms with Crippen LogP contribution < -0.4 is 131 Å². The molecule has 8 N–H and O–H groups in total. The second-order valence-corrected chi connectivity index (χ2v) is 26.2. The van der Waals surface area contributed by atoms with Gasteiger partial charge in [-0.3, -0.25) is 24.9 Å². The van der Waals surface area contributed by atoms with E-state index < -0.39 is 11.7 Å². The average molecular weight is 1570 g/mol. The molecule has 4 heterocycles. The zero-order chi connectivity index (χ0) is 73.5. The van der Waals surface area contributed by atoms with Crippen molar-refractivity contribution in [2.75, 3.05) is 49.1 Å². The first-order valence-corrected chi connectivity index (χ1v) is 35.7. The number of carbonyl (C=O) groups is 2. The molecule has 3 aliphatic heterocycles. The van der Waals surface area contributed by atoms with Gasteiger partial charge in [-0.25, -0.2) is 4.79 Å². The number of nitrogens with two attached hydrogens (primary N) is 3. The van der Waals surface area contributed by atoms with Crippen molar-refractivity contribution in [3.8, 4) is 11.1 Å². The van der Waals surface area contributed by atoms with Crippen LogP contribution in [0, 0.1) is 0 Å². The number of carbonyl (C=O) groups excluding carboxylic acids is 2. The first-order chi connectivity index (χ1) is 48.9. The Morgan fingerprint density at radius 1 is 0.641 bits per heavy atom. The summed E-state index contributed by atoms with van der Waals surface area (Å²) in [5, 5.41) is 20.9. The van der Waals surface area contributed by atoms with Gasteiger partial charge in [-0.1, -0.05) is 213 Å². The number of halogens is 4. The SMILES string of the molecule is CC(C)(C)OC(=O)NCC(CC(=S)Cc1ccc(C2=CCN=C2)cc1)c1ccccc1.CCC(N)c1ccccc1.ClCCl.ClCCl.NCC(CC(=S)Cc1ccc(-c2cn[nH]c2)cc1)c1ccccc1.Nc1ccc(C2=CCN=C2)cc1.O=CO[O-].S=C=Nc1ccc(C2=CCN=C2)cc1.[H-].[K+].[K+]. The summed E-state index contributed by atoms with van der Waals surface area (Å²) in [5.74, 6) is 0.393. The molecule has 103 heavy (non-hydrogen) atoms. The minimum atomic E-state index is -0.520. The fraction of sp³-hybridized carbons (Fsp3) is 0.253. The standard InChI is InChI=1S/C26H30N2O2S.C20H21N3S.C11H8N2S.C10H10N2.C9H13N.2CH2Cl2.CH2O3.2K.H/c1-26(2,3)30-25(29)28-18-23(20-7-5-4-6-8-20)16-24(31)15-19-9-11-21(12-10-19)22-13-14-27-17-22;21-12-18(16-4-2-1-3-5-16)11-20(24)10-15-6-8-17(9-7-15)19-13-22-23-14-19;14-8-13-11-3-1-9(2-4-11)10-5-6-12-7-10;11-10-3-1-8(2-4-10)9-5-6-12-7-9;1-2-9(10)8-6-4-3-5-7-8;2*2-1-3;2-1-4-3;;;/h4-13,17,23H,14-16,18H2,1-3H3,(H,28,29);1-9,13-14,18H,10-12,21H2,(H,22,23);1-5,7H,6H2;1-5,7H,6,11H2;3-7,9H,2,10H2,1H3;2*1H2;1,3H;;;/q;;;;;;;;2*+1;-1/p-1. The van der Waals surface area contributed by atoms with E-state index in [1.165, 1.54) is 50.1 Å². The largest absolute Gasteiger partial charge is 1.00 e. The van der Waals surface area contributed by atoms with Gasteiger partial charge >= 0.3 is 109 Å². The number of alkyl halides is 4. The summed E-state index contributed by atoms with van der Waals surface area (Å²) in [7, 11) is 0. The molecule has 0 aliphatic carbocycles. The molecule has 1 aromatic heterocycles. The van der Waals surface area contributed by atoms with Crippen LogP contribution in [0.2, 0.25) is 0 Å². The number of aromatic nitrogens is 2.